The molecule has 2 fully saturated rings. The Morgan fingerprint density at radius 3 is 3.22 bits per heavy atom. The van der Waals surface area contributed by atoms with Gasteiger partial charge in [-0.2, -0.15) is 16.9 Å². The number of ketones is 1. The van der Waals surface area contributed by atoms with Gasteiger partial charge in [-0.3, -0.25) is 9.89 Å². The summed E-state index contributed by atoms with van der Waals surface area (Å²) in [6, 6.07) is 0. The molecule has 0 bridgehead atoms. The van der Waals surface area contributed by atoms with E-state index in [1.54, 1.807) is 0 Å². The number of carbonyl (C=O) groups is 1. The minimum absolute atomic E-state index is 0.0253. The van der Waals surface area contributed by atoms with Gasteiger partial charge in [0.15, 0.2) is 5.78 Å². The van der Waals surface area contributed by atoms with E-state index in [2.05, 4.69) is 10.2 Å². The topological polar surface area (TPSA) is 81.0 Å². The van der Waals surface area contributed by atoms with E-state index in [0.717, 1.165) is 30.8 Å². The molecule has 0 amide bonds. The van der Waals surface area contributed by atoms with Crippen LogP contribution in [-0.4, -0.2) is 39.7 Å². The number of H-pyrrole nitrogens is 1. The molecule has 5 nitrogen and oxygen atoms in total. The molecular weight excluding hydrogens is 250 g/mol. The standard InChI is InChI=1S/C12H17N3O2S/c13-11-9(6-14-15-11)10(16)8-1-3-17-12(5-8)2-4-18-7-12/h6,8H,1-5,7H2,(H3,13,14,15). The van der Waals surface area contributed by atoms with Gasteiger partial charge in [-0.15, -0.1) is 0 Å². The maximum Gasteiger partial charge on any atom is 0.171 e. The van der Waals surface area contributed by atoms with Crippen molar-refractivity contribution in [3.63, 3.8) is 0 Å². The summed E-state index contributed by atoms with van der Waals surface area (Å²) >= 11 is 1.91. The molecule has 2 aliphatic heterocycles. The van der Waals surface area contributed by atoms with E-state index in [0.29, 0.717) is 18.0 Å². The lowest BCUT2D eigenvalue weighted by Gasteiger charge is -2.37. The number of carbonyl (C=O) groups excluding carboxylic acids is 1. The summed E-state index contributed by atoms with van der Waals surface area (Å²) in [5, 5.41) is 6.44. The van der Waals surface area contributed by atoms with Gasteiger partial charge < -0.3 is 10.5 Å². The maximum absolute atomic E-state index is 12.4. The minimum Gasteiger partial charge on any atom is -0.383 e. The number of thioether (sulfide) groups is 1. The molecule has 18 heavy (non-hydrogen) atoms. The number of hydrogen-bond donors (Lipinski definition) is 2. The molecule has 98 valence electrons. The molecule has 2 aliphatic rings. The van der Waals surface area contributed by atoms with Crippen LogP contribution in [0.1, 0.15) is 29.6 Å². The summed E-state index contributed by atoms with van der Waals surface area (Å²) in [4.78, 5) is 12.4. The van der Waals surface area contributed by atoms with Crippen molar-refractivity contribution in [2.75, 3.05) is 23.8 Å². The van der Waals surface area contributed by atoms with Crippen LogP contribution in [0.25, 0.3) is 0 Å². The highest BCUT2D eigenvalue weighted by molar-refractivity contribution is 7.99. The maximum atomic E-state index is 12.4. The Morgan fingerprint density at radius 2 is 2.56 bits per heavy atom. The Hall–Kier alpha value is -1.01. The first kappa shape index (κ1) is 12.0. The number of rotatable bonds is 2. The Bertz CT molecular complexity index is 454. The van der Waals surface area contributed by atoms with E-state index in [9.17, 15) is 4.79 Å². The summed E-state index contributed by atoms with van der Waals surface area (Å²) in [7, 11) is 0. The second-order valence-corrected chi connectivity index (χ2v) is 6.19. The highest BCUT2D eigenvalue weighted by atomic mass is 32.2. The van der Waals surface area contributed by atoms with Crippen LogP contribution in [0, 0.1) is 5.92 Å². The van der Waals surface area contributed by atoms with E-state index in [1.807, 2.05) is 11.8 Å². The molecule has 0 radical (unpaired) electrons. The van der Waals surface area contributed by atoms with E-state index < -0.39 is 0 Å². The molecule has 3 heterocycles. The van der Waals surface area contributed by atoms with Crippen molar-refractivity contribution in [1.82, 2.24) is 10.2 Å². The van der Waals surface area contributed by atoms with Crippen molar-refractivity contribution < 1.29 is 9.53 Å². The van der Waals surface area contributed by atoms with Gasteiger partial charge in [0.25, 0.3) is 0 Å². The van der Waals surface area contributed by atoms with Crippen molar-refractivity contribution in [1.29, 1.82) is 0 Å². The monoisotopic (exact) mass is 267 g/mol. The molecule has 3 N–H and O–H groups in total. The fourth-order valence-electron chi connectivity index (χ4n) is 2.83. The first-order chi connectivity index (χ1) is 8.70. The van der Waals surface area contributed by atoms with Crippen LogP contribution in [0.3, 0.4) is 0 Å². The van der Waals surface area contributed by atoms with E-state index in [4.69, 9.17) is 10.5 Å². The smallest absolute Gasteiger partial charge is 0.171 e. The molecular formula is C12H17N3O2S. The molecule has 1 aromatic rings. The lowest BCUT2D eigenvalue weighted by Crippen LogP contribution is -2.42. The normalized spacial score (nSPS) is 31.9. The molecule has 3 rings (SSSR count). The van der Waals surface area contributed by atoms with Gasteiger partial charge in [0, 0.05) is 18.3 Å². The average Bonchev–Trinajstić information content (AvgIpc) is 2.98. The second-order valence-electron chi connectivity index (χ2n) is 5.09. The minimum atomic E-state index is -0.0677. The van der Waals surface area contributed by atoms with Gasteiger partial charge in [-0.1, -0.05) is 0 Å². The zero-order valence-electron chi connectivity index (χ0n) is 10.1. The predicted molar refractivity (Wildman–Crippen MR) is 70.7 cm³/mol. The molecule has 1 spiro atoms. The molecule has 0 aliphatic carbocycles. The summed E-state index contributed by atoms with van der Waals surface area (Å²) < 4.78 is 5.93. The number of nitrogens with two attached hydrogens (primary N) is 1. The number of Topliss-reactive ketones (excluding diaryl/α,β-unsaturated/α-hetero) is 1. The molecule has 2 saturated heterocycles. The Morgan fingerprint density at radius 1 is 1.67 bits per heavy atom. The van der Waals surface area contributed by atoms with Crippen LogP contribution in [0.5, 0.6) is 0 Å². The first-order valence-corrected chi connectivity index (χ1v) is 7.40. The number of nitrogens with zero attached hydrogens (tertiary/aromatic N) is 1. The van der Waals surface area contributed by atoms with Gasteiger partial charge in [0.05, 0.1) is 17.4 Å². The average molecular weight is 267 g/mol. The summed E-state index contributed by atoms with van der Waals surface area (Å²) in [6.07, 6.45) is 4.20. The third-order valence-corrected chi connectivity index (χ3v) is 5.09. The summed E-state index contributed by atoms with van der Waals surface area (Å²) in [5.74, 6) is 2.66. The number of nitrogens with one attached hydrogen (secondary N) is 1. The van der Waals surface area contributed by atoms with Gasteiger partial charge >= 0.3 is 0 Å². The van der Waals surface area contributed by atoms with Crippen LogP contribution < -0.4 is 5.73 Å². The van der Waals surface area contributed by atoms with Crippen molar-refractivity contribution in [3.8, 4) is 0 Å². The quantitative estimate of drug-likeness (QED) is 0.793. The van der Waals surface area contributed by atoms with Gasteiger partial charge in [-0.25, -0.2) is 0 Å². The fourth-order valence-corrected chi connectivity index (χ4v) is 4.21. The molecule has 6 heteroatoms. The van der Waals surface area contributed by atoms with E-state index in [1.165, 1.54) is 6.20 Å². The van der Waals surface area contributed by atoms with Crippen LogP contribution in [0.15, 0.2) is 6.20 Å². The van der Waals surface area contributed by atoms with Crippen molar-refractivity contribution in [3.05, 3.63) is 11.8 Å². The van der Waals surface area contributed by atoms with Crippen LogP contribution in [0.4, 0.5) is 5.82 Å². The number of nitrogen functional groups attached to an aromatic ring is 1. The molecule has 0 aromatic carbocycles. The van der Waals surface area contributed by atoms with Crippen molar-refractivity contribution in [2.45, 2.75) is 24.9 Å². The molecule has 1 aromatic heterocycles. The second kappa shape index (κ2) is 4.59. The number of aromatic nitrogens is 2. The Labute approximate surface area is 110 Å². The summed E-state index contributed by atoms with van der Waals surface area (Å²) in [5.41, 5.74) is 6.18. The first-order valence-electron chi connectivity index (χ1n) is 6.25. The van der Waals surface area contributed by atoms with Gasteiger partial charge in [0.2, 0.25) is 0 Å². The highest BCUT2D eigenvalue weighted by Crippen LogP contribution is 2.41. The Balaban J connectivity index is 1.76. The fraction of sp³-hybridized carbons (Fsp3) is 0.667. The number of ether oxygens (including phenoxy) is 1. The van der Waals surface area contributed by atoms with Crippen LogP contribution in [-0.2, 0) is 4.74 Å². The largest absolute Gasteiger partial charge is 0.383 e. The zero-order chi connectivity index (χ0) is 12.6. The van der Waals surface area contributed by atoms with Crippen molar-refractivity contribution >= 4 is 23.4 Å². The molecule has 2 unspecified atom stereocenters. The van der Waals surface area contributed by atoms with E-state index in [-0.39, 0.29) is 17.3 Å². The van der Waals surface area contributed by atoms with Crippen LogP contribution >= 0.6 is 11.8 Å². The molecule has 0 saturated carbocycles. The lowest BCUT2D eigenvalue weighted by molar-refractivity contribution is -0.0734. The third-order valence-electron chi connectivity index (χ3n) is 3.87. The Kier molecular flexibility index (Phi) is 3.07. The molecule has 2 atom stereocenters. The lowest BCUT2D eigenvalue weighted by atomic mass is 9.81. The third kappa shape index (κ3) is 2.03. The number of anilines is 1. The highest BCUT2D eigenvalue weighted by Gasteiger charge is 2.42. The van der Waals surface area contributed by atoms with E-state index >= 15 is 0 Å². The number of hydrogen-bond acceptors (Lipinski definition) is 5. The zero-order valence-corrected chi connectivity index (χ0v) is 11.0. The SMILES string of the molecule is Nc1[nH]ncc1C(=O)C1CCOC2(CCSC2)C1. The van der Waals surface area contributed by atoms with Crippen LogP contribution in [0.2, 0.25) is 0 Å². The van der Waals surface area contributed by atoms with Gasteiger partial charge in [-0.05, 0) is 25.0 Å². The van der Waals surface area contributed by atoms with Gasteiger partial charge in [0.1, 0.15) is 5.82 Å². The number of aromatic amines is 1. The summed E-state index contributed by atoms with van der Waals surface area (Å²) in [6.45, 7) is 0.675. The predicted octanol–water partition coefficient (Wildman–Crippen LogP) is 1.48. The van der Waals surface area contributed by atoms with Crippen molar-refractivity contribution in [2.24, 2.45) is 5.92 Å².